The minimum atomic E-state index is 0.462. The highest BCUT2D eigenvalue weighted by Crippen LogP contribution is 2.40. The average molecular weight is 249 g/mol. The Morgan fingerprint density at radius 2 is 1.94 bits per heavy atom. The molecular weight excluding hydrogens is 222 g/mol. The Morgan fingerprint density at radius 3 is 2.50 bits per heavy atom. The molecule has 0 spiro atoms. The Balaban J connectivity index is 2.17. The monoisotopic (exact) mass is 249 g/mol. The van der Waals surface area contributed by atoms with E-state index in [1.54, 1.807) is 0 Å². The van der Waals surface area contributed by atoms with Gasteiger partial charge < -0.3 is 9.73 Å². The molecule has 1 heterocycles. The molecule has 1 aromatic rings. The maximum Gasteiger partial charge on any atom is 0.108 e. The second kappa shape index (κ2) is 5.92. The number of hydrogen-bond donors (Lipinski definition) is 1. The van der Waals surface area contributed by atoms with Crippen LogP contribution in [0.2, 0.25) is 0 Å². The summed E-state index contributed by atoms with van der Waals surface area (Å²) in [5.41, 5.74) is 1.38. The zero-order valence-corrected chi connectivity index (χ0v) is 12.2. The van der Waals surface area contributed by atoms with Crippen LogP contribution in [0.15, 0.2) is 16.7 Å². The van der Waals surface area contributed by atoms with Crippen LogP contribution in [0.3, 0.4) is 0 Å². The first-order valence-electron chi connectivity index (χ1n) is 7.39. The lowest BCUT2D eigenvalue weighted by atomic mass is 9.72. The minimum Gasteiger partial charge on any atom is -0.469 e. The topological polar surface area (TPSA) is 25.2 Å². The first-order chi connectivity index (χ1) is 8.65. The minimum absolute atomic E-state index is 0.462. The van der Waals surface area contributed by atoms with Crippen molar-refractivity contribution in [3.8, 4) is 0 Å². The van der Waals surface area contributed by atoms with E-state index in [2.05, 4.69) is 39.2 Å². The average Bonchev–Trinajstić information content (AvgIpc) is 2.77. The smallest absolute Gasteiger partial charge is 0.108 e. The lowest BCUT2D eigenvalue weighted by Crippen LogP contribution is -2.31. The number of aryl methyl sites for hydroxylation is 1. The van der Waals surface area contributed by atoms with Crippen molar-refractivity contribution in [1.82, 2.24) is 5.32 Å². The van der Waals surface area contributed by atoms with E-state index in [4.69, 9.17) is 4.42 Å². The fourth-order valence-corrected chi connectivity index (χ4v) is 3.84. The molecule has 1 saturated carbocycles. The number of furan rings is 1. The molecule has 102 valence electrons. The summed E-state index contributed by atoms with van der Waals surface area (Å²) >= 11 is 0. The van der Waals surface area contributed by atoms with Crippen LogP contribution in [0.4, 0.5) is 0 Å². The third-order valence-corrected chi connectivity index (χ3v) is 4.43. The van der Waals surface area contributed by atoms with Crippen LogP contribution in [0.25, 0.3) is 0 Å². The Labute approximate surface area is 111 Å². The fraction of sp³-hybridized carbons (Fsp3) is 0.750. The molecule has 0 bridgehead atoms. The lowest BCUT2D eigenvalue weighted by Gasteiger charge is -2.36. The molecule has 0 radical (unpaired) electrons. The van der Waals surface area contributed by atoms with Crippen LogP contribution < -0.4 is 5.32 Å². The van der Waals surface area contributed by atoms with E-state index in [1.807, 2.05) is 6.26 Å². The summed E-state index contributed by atoms with van der Waals surface area (Å²) in [6, 6.07) is 2.62. The van der Waals surface area contributed by atoms with E-state index in [1.165, 1.54) is 24.8 Å². The summed E-state index contributed by atoms with van der Waals surface area (Å²) in [4.78, 5) is 0. The van der Waals surface area contributed by atoms with Gasteiger partial charge in [0.05, 0.1) is 6.26 Å². The lowest BCUT2D eigenvalue weighted by molar-refractivity contribution is 0.179. The van der Waals surface area contributed by atoms with Crippen LogP contribution in [-0.2, 0) is 6.42 Å². The van der Waals surface area contributed by atoms with E-state index in [0.29, 0.717) is 6.04 Å². The van der Waals surface area contributed by atoms with Gasteiger partial charge in [-0.25, -0.2) is 0 Å². The van der Waals surface area contributed by atoms with Crippen molar-refractivity contribution in [2.75, 3.05) is 7.05 Å². The summed E-state index contributed by atoms with van der Waals surface area (Å²) in [6.45, 7) is 6.96. The summed E-state index contributed by atoms with van der Waals surface area (Å²) in [7, 11) is 2.08. The third-order valence-electron chi connectivity index (χ3n) is 4.43. The Hall–Kier alpha value is -0.760. The molecule has 2 heteroatoms. The molecule has 0 aliphatic heterocycles. The molecule has 1 aromatic heterocycles. The normalized spacial score (nSPS) is 30.3. The predicted molar refractivity (Wildman–Crippen MR) is 75.6 cm³/mol. The molecule has 1 aliphatic rings. The number of hydrogen-bond acceptors (Lipinski definition) is 2. The second-order valence-electron chi connectivity index (χ2n) is 6.10. The van der Waals surface area contributed by atoms with Crippen molar-refractivity contribution in [2.45, 2.75) is 52.5 Å². The Morgan fingerprint density at radius 1 is 1.28 bits per heavy atom. The molecule has 1 fully saturated rings. The van der Waals surface area contributed by atoms with E-state index in [-0.39, 0.29) is 0 Å². The second-order valence-corrected chi connectivity index (χ2v) is 6.10. The van der Waals surface area contributed by atoms with Crippen LogP contribution in [0.5, 0.6) is 0 Å². The zero-order chi connectivity index (χ0) is 13.1. The van der Waals surface area contributed by atoms with Crippen molar-refractivity contribution >= 4 is 0 Å². The molecule has 0 saturated heterocycles. The van der Waals surface area contributed by atoms with Crippen LogP contribution in [-0.4, -0.2) is 7.05 Å². The van der Waals surface area contributed by atoms with E-state index in [9.17, 15) is 0 Å². The van der Waals surface area contributed by atoms with Gasteiger partial charge in [-0.15, -0.1) is 0 Å². The molecule has 2 rings (SSSR count). The van der Waals surface area contributed by atoms with Crippen LogP contribution >= 0.6 is 0 Å². The maximum absolute atomic E-state index is 5.60. The van der Waals surface area contributed by atoms with Gasteiger partial charge in [-0.3, -0.25) is 0 Å². The highest BCUT2D eigenvalue weighted by Gasteiger charge is 2.31. The van der Waals surface area contributed by atoms with Crippen molar-refractivity contribution in [2.24, 2.45) is 17.8 Å². The van der Waals surface area contributed by atoms with Gasteiger partial charge >= 0.3 is 0 Å². The van der Waals surface area contributed by atoms with Crippen molar-refractivity contribution in [3.63, 3.8) is 0 Å². The fourth-order valence-electron chi connectivity index (χ4n) is 3.84. The van der Waals surface area contributed by atoms with Crippen molar-refractivity contribution in [3.05, 3.63) is 23.7 Å². The summed E-state index contributed by atoms with van der Waals surface area (Å²) in [6.07, 6.45) is 6.89. The summed E-state index contributed by atoms with van der Waals surface area (Å²) in [5.74, 6) is 3.61. The zero-order valence-electron chi connectivity index (χ0n) is 12.2. The predicted octanol–water partition coefficient (Wildman–Crippen LogP) is 4.17. The molecule has 3 unspecified atom stereocenters. The van der Waals surface area contributed by atoms with Gasteiger partial charge in [-0.1, -0.05) is 20.8 Å². The molecule has 3 atom stereocenters. The maximum atomic E-state index is 5.60. The van der Waals surface area contributed by atoms with E-state index in [0.717, 1.165) is 29.9 Å². The highest BCUT2D eigenvalue weighted by molar-refractivity contribution is 5.22. The highest BCUT2D eigenvalue weighted by atomic mass is 16.3. The molecule has 0 amide bonds. The van der Waals surface area contributed by atoms with E-state index >= 15 is 0 Å². The Bertz CT molecular complexity index is 361. The van der Waals surface area contributed by atoms with Gasteiger partial charge in [-0.05, 0) is 50.1 Å². The van der Waals surface area contributed by atoms with Crippen molar-refractivity contribution in [1.29, 1.82) is 0 Å². The van der Waals surface area contributed by atoms with E-state index < -0.39 is 0 Å². The molecule has 1 N–H and O–H groups in total. The van der Waals surface area contributed by atoms with Gasteiger partial charge in [0.25, 0.3) is 0 Å². The molecule has 1 aliphatic carbocycles. The number of rotatable bonds is 4. The quantitative estimate of drug-likeness (QED) is 0.866. The number of nitrogens with one attached hydrogen (secondary N) is 1. The molecular formula is C16H27NO. The van der Waals surface area contributed by atoms with Gasteiger partial charge in [0.1, 0.15) is 5.76 Å². The van der Waals surface area contributed by atoms with Crippen molar-refractivity contribution < 1.29 is 4.42 Å². The molecule has 18 heavy (non-hydrogen) atoms. The van der Waals surface area contributed by atoms with Gasteiger partial charge in [0.15, 0.2) is 0 Å². The Kier molecular flexibility index (Phi) is 4.50. The SMILES string of the molecule is CCc1occc1C(NC)C1CC(C)CC(C)C1. The van der Waals surface area contributed by atoms with Gasteiger partial charge in [0, 0.05) is 18.0 Å². The standard InChI is InChI=1S/C16H27NO/c1-5-15-14(6-7-18-15)16(17-4)13-9-11(2)8-12(3)10-13/h6-7,11-13,16-17H,5,8-10H2,1-4H3. The van der Waals surface area contributed by atoms with Gasteiger partial charge in [-0.2, -0.15) is 0 Å². The van der Waals surface area contributed by atoms with Crippen LogP contribution in [0, 0.1) is 17.8 Å². The third kappa shape index (κ3) is 2.80. The molecule has 2 nitrogen and oxygen atoms in total. The first-order valence-corrected chi connectivity index (χ1v) is 7.39. The van der Waals surface area contributed by atoms with Crippen LogP contribution in [0.1, 0.15) is 57.4 Å². The first kappa shape index (κ1) is 13.7. The summed E-state index contributed by atoms with van der Waals surface area (Å²) in [5, 5.41) is 3.53. The largest absolute Gasteiger partial charge is 0.469 e. The molecule has 0 aromatic carbocycles. The summed E-state index contributed by atoms with van der Waals surface area (Å²) < 4.78 is 5.60. The van der Waals surface area contributed by atoms with Gasteiger partial charge in [0.2, 0.25) is 0 Å².